The van der Waals surface area contributed by atoms with Crippen LogP contribution in [0.3, 0.4) is 0 Å². The van der Waals surface area contributed by atoms with Crippen molar-refractivity contribution in [2.24, 2.45) is 0 Å². The van der Waals surface area contributed by atoms with Gasteiger partial charge in [-0.3, -0.25) is 9.59 Å². The first-order valence-corrected chi connectivity index (χ1v) is 7.44. The van der Waals surface area contributed by atoms with Crippen molar-refractivity contribution in [1.82, 2.24) is 4.90 Å². The summed E-state index contributed by atoms with van der Waals surface area (Å²) in [7, 11) is 0. The molecule has 1 fully saturated rings. The van der Waals surface area contributed by atoms with Crippen LogP contribution in [0.4, 0.5) is 18.9 Å². The Morgan fingerprint density at radius 1 is 1.36 bits per heavy atom. The molecule has 0 saturated carbocycles. The molecule has 1 aliphatic heterocycles. The first kappa shape index (κ1) is 16.8. The van der Waals surface area contributed by atoms with E-state index in [1.807, 2.05) is 0 Å². The SMILES string of the molecule is Cc1cc(Br)ccc1NC(=O)C1CCCN1C(=O)C(F)(F)F. The number of aryl methyl sites for hydroxylation is 1. The summed E-state index contributed by atoms with van der Waals surface area (Å²) in [6, 6.07) is 4.07. The second-order valence-corrected chi connectivity index (χ2v) is 6.02. The van der Waals surface area contributed by atoms with Crippen molar-refractivity contribution in [2.45, 2.75) is 32.0 Å². The number of benzene rings is 1. The van der Waals surface area contributed by atoms with Crippen LogP contribution in [0.2, 0.25) is 0 Å². The number of hydrogen-bond donors (Lipinski definition) is 1. The van der Waals surface area contributed by atoms with Crippen LogP contribution in [0.1, 0.15) is 18.4 Å². The lowest BCUT2D eigenvalue weighted by atomic mass is 10.1. The number of rotatable bonds is 2. The van der Waals surface area contributed by atoms with Gasteiger partial charge >= 0.3 is 12.1 Å². The lowest BCUT2D eigenvalue weighted by molar-refractivity contribution is -0.186. The maximum Gasteiger partial charge on any atom is 0.471 e. The Bertz CT molecular complexity index is 604. The summed E-state index contributed by atoms with van der Waals surface area (Å²) in [6.45, 7) is 1.71. The molecule has 22 heavy (non-hydrogen) atoms. The second kappa shape index (κ2) is 6.28. The zero-order valence-electron chi connectivity index (χ0n) is 11.7. The predicted molar refractivity (Wildman–Crippen MR) is 78.3 cm³/mol. The predicted octanol–water partition coefficient (Wildman–Crippen LogP) is 3.25. The summed E-state index contributed by atoms with van der Waals surface area (Å²) in [4.78, 5) is 24.2. The number of nitrogens with zero attached hydrogens (tertiary/aromatic N) is 1. The monoisotopic (exact) mass is 378 g/mol. The van der Waals surface area contributed by atoms with E-state index in [2.05, 4.69) is 21.2 Å². The lowest BCUT2D eigenvalue weighted by Crippen LogP contribution is -2.48. The number of carbonyl (C=O) groups excluding carboxylic acids is 2. The number of hydrogen-bond acceptors (Lipinski definition) is 2. The van der Waals surface area contributed by atoms with E-state index >= 15 is 0 Å². The minimum absolute atomic E-state index is 0.0598. The Hall–Kier alpha value is -1.57. The molecule has 0 aliphatic carbocycles. The first-order valence-electron chi connectivity index (χ1n) is 6.65. The number of likely N-dealkylation sites (tertiary alicyclic amines) is 1. The maximum absolute atomic E-state index is 12.5. The highest BCUT2D eigenvalue weighted by molar-refractivity contribution is 9.10. The lowest BCUT2D eigenvalue weighted by Gasteiger charge is -2.25. The van der Waals surface area contributed by atoms with Gasteiger partial charge in [0, 0.05) is 16.7 Å². The summed E-state index contributed by atoms with van der Waals surface area (Å²) < 4.78 is 38.5. The molecule has 1 aromatic carbocycles. The summed E-state index contributed by atoms with van der Waals surface area (Å²) in [5.74, 6) is -2.56. The van der Waals surface area contributed by atoms with E-state index in [9.17, 15) is 22.8 Å². The van der Waals surface area contributed by atoms with Crippen LogP contribution in [0, 0.1) is 6.92 Å². The zero-order valence-corrected chi connectivity index (χ0v) is 13.3. The van der Waals surface area contributed by atoms with Crippen molar-refractivity contribution >= 4 is 33.4 Å². The molecule has 4 nitrogen and oxygen atoms in total. The Labute approximate surface area is 133 Å². The third kappa shape index (κ3) is 3.60. The molecule has 0 aromatic heterocycles. The van der Waals surface area contributed by atoms with Crippen LogP contribution in [-0.4, -0.2) is 35.5 Å². The molecule has 1 aromatic rings. The molecule has 0 spiro atoms. The summed E-state index contributed by atoms with van der Waals surface area (Å²) in [5.41, 5.74) is 1.29. The highest BCUT2D eigenvalue weighted by Crippen LogP contribution is 2.27. The van der Waals surface area contributed by atoms with Gasteiger partial charge in [-0.15, -0.1) is 0 Å². The fourth-order valence-corrected chi connectivity index (χ4v) is 2.90. The van der Waals surface area contributed by atoms with Gasteiger partial charge in [0.1, 0.15) is 6.04 Å². The molecule has 120 valence electrons. The molecule has 0 bridgehead atoms. The van der Waals surface area contributed by atoms with E-state index in [1.54, 1.807) is 25.1 Å². The molecular formula is C14H14BrF3N2O2. The molecule has 1 heterocycles. The van der Waals surface area contributed by atoms with Crippen LogP contribution in [0.5, 0.6) is 0 Å². The number of anilines is 1. The van der Waals surface area contributed by atoms with Crippen LogP contribution in [0.25, 0.3) is 0 Å². The Morgan fingerprint density at radius 3 is 2.64 bits per heavy atom. The van der Waals surface area contributed by atoms with Crippen LogP contribution < -0.4 is 5.32 Å². The van der Waals surface area contributed by atoms with Gasteiger partial charge in [-0.25, -0.2) is 0 Å². The highest BCUT2D eigenvalue weighted by atomic mass is 79.9. The van der Waals surface area contributed by atoms with Gasteiger partial charge in [0.05, 0.1) is 0 Å². The number of alkyl halides is 3. The molecule has 1 aliphatic rings. The molecular weight excluding hydrogens is 365 g/mol. The number of carbonyl (C=O) groups is 2. The zero-order chi connectivity index (χ0) is 16.5. The maximum atomic E-state index is 12.5. The Kier molecular flexibility index (Phi) is 4.79. The van der Waals surface area contributed by atoms with Gasteiger partial charge in [-0.05, 0) is 43.5 Å². The van der Waals surface area contributed by atoms with Crippen LogP contribution >= 0.6 is 15.9 Å². The molecule has 1 atom stereocenters. The molecule has 0 radical (unpaired) electrons. The van der Waals surface area contributed by atoms with Crippen molar-refractivity contribution in [1.29, 1.82) is 0 Å². The van der Waals surface area contributed by atoms with E-state index in [-0.39, 0.29) is 13.0 Å². The molecule has 8 heteroatoms. The fraction of sp³-hybridized carbons (Fsp3) is 0.429. The normalized spacial score (nSPS) is 18.4. The van der Waals surface area contributed by atoms with Crippen LogP contribution in [0.15, 0.2) is 22.7 Å². The molecule has 2 rings (SSSR count). The van der Waals surface area contributed by atoms with Gasteiger partial charge < -0.3 is 10.2 Å². The van der Waals surface area contributed by atoms with Gasteiger partial charge in [0.15, 0.2) is 0 Å². The van der Waals surface area contributed by atoms with E-state index < -0.39 is 24.0 Å². The van der Waals surface area contributed by atoms with E-state index in [1.165, 1.54) is 0 Å². The average Bonchev–Trinajstić information content (AvgIpc) is 2.89. The van der Waals surface area contributed by atoms with Crippen molar-refractivity contribution in [3.8, 4) is 0 Å². The van der Waals surface area contributed by atoms with Gasteiger partial charge in [0.2, 0.25) is 5.91 Å². The van der Waals surface area contributed by atoms with E-state index in [4.69, 9.17) is 0 Å². The van der Waals surface area contributed by atoms with Crippen molar-refractivity contribution in [2.75, 3.05) is 11.9 Å². The molecule has 1 saturated heterocycles. The van der Waals surface area contributed by atoms with Crippen molar-refractivity contribution < 1.29 is 22.8 Å². The molecule has 1 unspecified atom stereocenters. The minimum Gasteiger partial charge on any atom is -0.324 e. The third-order valence-corrected chi connectivity index (χ3v) is 4.00. The third-order valence-electron chi connectivity index (χ3n) is 3.51. The van der Waals surface area contributed by atoms with Crippen molar-refractivity contribution in [3.05, 3.63) is 28.2 Å². The average molecular weight is 379 g/mol. The Balaban J connectivity index is 2.13. The molecule has 2 amide bonds. The standard InChI is InChI=1S/C14H14BrF3N2O2/c1-8-7-9(15)4-5-10(8)19-12(21)11-3-2-6-20(11)13(22)14(16,17)18/h4-5,7,11H,2-3,6H2,1H3,(H,19,21). The first-order chi connectivity index (χ1) is 10.2. The summed E-state index contributed by atoms with van der Waals surface area (Å²) >= 11 is 3.29. The fourth-order valence-electron chi connectivity index (χ4n) is 2.43. The van der Waals surface area contributed by atoms with Gasteiger partial charge in [0.25, 0.3) is 0 Å². The minimum atomic E-state index is -4.96. The Morgan fingerprint density at radius 2 is 2.05 bits per heavy atom. The summed E-state index contributed by atoms with van der Waals surface area (Å²) in [6.07, 6.45) is -4.36. The number of amides is 2. The van der Waals surface area contributed by atoms with E-state index in [0.717, 1.165) is 10.0 Å². The van der Waals surface area contributed by atoms with Gasteiger partial charge in [-0.2, -0.15) is 13.2 Å². The quantitative estimate of drug-likeness (QED) is 0.858. The topological polar surface area (TPSA) is 49.4 Å². The van der Waals surface area contributed by atoms with Crippen LogP contribution in [-0.2, 0) is 9.59 Å². The smallest absolute Gasteiger partial charge is 0.324 e. The number of nitrogens with one attached hydrogen (secondary N) is 1. The van der Waals surface area contributed by atoms with Crippen molar-refractivity contribution in [3.63, 3.8) is 0 Å². The second-order valence-electron chi connectivity index (χ2n) is 5.10. The summed E-state index contributed by atoms with van der Waals surface area (Å²) in [5, 5.41) is 2.59. The number of halogens is 4. The van der Waals surface area contributed by atoms with Gasteiger partial charge in [-0.1, -0.05) is 15.9 Å². The highest BCUT2D eigenvalue weighted by Gasteiger charge is 2.47. The van der Waals surface area contributed by atoms with E-state index in [0.29, 0.717) is 17.0 Å². The molecule has 1 N–H and O–H groups in total. The largest absolute Gasteiger partial charge is 0.471 e.